The molecule has 0 saturated carbocycles. The van der Waals surface area contributed by atoms with E-state index in [9.17, 15) is 38.2 Å². The van der Waals surface area contributed by atoms with Crippen molar-refractivity contribution in [3.8, 4) is 189 Å². The van der Waals surface area contributed by atoms with Crippen molar-refractivity contribution in [3.05, 3.63) is 77.1 Å². The number of aliphatic hydroxyl groups is 1. The normalized spacial score (nSPS) is 13.2. The van der Waals surface area contributed by atoms with Gasteiger partial charge in [-0.15, -0.1) is 0 Å². The van der Waals surface area contributed by atoms with Gasteiger partial charge in [0.15, 0.2) is 21.2 Å². The predicted molar refractivity (Wildman–Crippen MR) is 588 cm³/mol. The summed E-state index contributed by atoms with van der Waals surface area (Å²) in [7, 11) is -5.96. The Kier molecular flexibility index (Phi) is 79.4. The summed E-state index contributed by atoms with van der Waals surface area (Å²) >= 11 is 0. The summed E-state index contributed by atoms with van der Waals surface area (Å²) in [6.45, 7) is 21.1. The molecule has 3 aliphatic rings. The van der Waals surface area contributed by atoms with E-state index < -0.39 is 64.6 Å². The number of nitrogens with zero attached hydrogens (tertiary/aromatic N) is 2. The average molecular weight is 1940 g/mol. The molecule has 0 fully saturated rings. The second-order valence-corrected chi connectivity index (χ2v) is 37.7. The van der Waals surface area contributed by atoms with Gasteiger partial charge in [-0.3, -0.25) is 23.4 Å². The molecule has 1 aromatic heterocycles. The third-order valence-corrected chi connectivity index (χ3v) is 22.3. The lowest BCUT2D eigenvalue weighted by molar-refractivity contribution is -0.161. The molecule has 3 aliphatic carbocycles. The quantitative estimate of drug-likeness (QED) is 0.00797. The van der Waals surface area contributed by atoms with Crippen molar-refractivity contribution in [2.24, 2.45) is 23.5 Å². The molecule has 0 amide bonds. The van der Waals surface area contributed by atoms with Crippen molar-refractivity contribution in [1.82, 2.24) is 9.55 Å². The number of hydrogen-bond acceptors (Lipinski definition) is 20. The van der Waals surface area contributed by atoms with E-state index in [1.807, 2.05) is 19.9 Å². The topological polar surface area (TPSA) is 359 Å². The molecule has 4 rings (SSSR count). The molecule has 27 heteroatoms. The zero-order valence-electron chi connectivity index (χ0n) is 79.1. The Hall–Kier alpha value is -11.8. The van der Waals surface area contributed by atoms with Crippen LogP contribution in [0.15, 0.2) is 77.1 Å². The Bertz CT molecular complexity index is 5150. The second kappa shape index (κ2) is 85.7. The molecule has 1 aromatic rings. The van der Waals surface area contributed by atoms with E-state index in [0.717, 1.165) is 70.6 Å². The van der Waals surface area contributed by atoms with Gasteiger partial charge in [0.05, 0.1) is 41.1 Å². The van der Waals surface area contributed by atoms with E-state index in [-0.39, 0.29) is 134 Å². The Labute approximate surface area is 840 Å². The number of rotatable bonds is 56. The molecule has 0 bridgehead atoms. The van der Waals surface area contributed by atoms with Crippen molar-refractivity contribution >= 4 is 60.9 Å². The predicted octanol–water partition coefficient (Wildman–Crippen LogP) is 22.6. The zero-order chi connectivity index (χ0) is 96.0. The number of carbonyl (C=O) groups is 6. The van der Waals surface area contributed by atoms with Gasteiger partial charge in [-0.05, 0) is 271 Å². The summed E-state index contributed by atoms with van der Waals surface area (Å²) < 4.78 is 65.8. The van der Waals surface area contributed by atoms with Gasteiger partial charge in [-0.1, -0.05) is 206 Å². The number of imidazole rings is 1. The smallest absolute Gasteiger partial charge is 0.465 e. The SMILES string of the molecule is CC#CC#CC#CC#CC#CC#CC#CC#CC(=O)OCC(COPOCCN)OC(=O)C#CC#CC#CC#CC#CC#CC#CC#CC.CC1=C([Si](C)(C)C)C1CO.CC1=CC1COC(=O)n1ccnc1.CCCCCCCC/C=C\CCCCCCCC(=O)OCC(COP(=O)(O)OCCCC(=O)OCC1C=C1C)OC(=O)CCCCCCC/C=C\CCCCCCCC.O.O.[HH].[HH].[HH].[HH].[HH].[HH].[HH].[HH].[HH].[HH].[HH].[HH].[HH].[HH].[HH].[HH].[HH].[HH].[HH].[HH].[HH].[HH].[HH].[HH].[HH].[HH].[HH].[HH].[HH].[HH]. The van der Waals surface area contributed by atoms with Gasteiger partial charge in [-0.25, -0.2) is 28.5 Å². The Balaban J connectivity index is -0.0000000501. The number of hydrogen-bond donors (Lipinski definition) is 3. The van der Waals surface area contributed by atoms with Crippen LogP contribution in [-0.4, -0.2) is 153 Å². The third kappa shape index (κ3) is 78.6. The maximum absolute atomic E-state index is 12.7. The van der Waals surface area contributed by atoms with Gasteiger partial charge in [0.1, 0.15) is 32.8 Å². The summed E-state index contributed by atoms with van der Waals surface area (Å²) in [5, 5.41) is 10.5. The van der Waals surface area contributed by atoms with Crippen LogP contribution in [0.3, 0.4) is 0 Å². The first-order valence-corrected chi connectivity index (χ1v) is 50.5. The maximum Gasteiger partial charge on any atom is 0.472 e. The maximum atomic E-state index is 12.7. The van der Waals surface area contributed by atoms with Crippen LogP contribution >= 0.6 is 16.9 Å². The zero-order valence-corrected chi connectivity index (χ0v) is 82.0. The molecule has 24 nitrogen and oxygen atoms in total. The first kappa shape index (κ1) is 123. The first-order chi connectivity index (χ1) is 63.5. The number of aliphatic hydroxyl groups excluding tert-OH is 1. The van der Waals surface area contributed by atoms with E-state index in [2.05, 4.69) is 265 Å². The largest absolute Gasteiger partial charge is 0.472 e. The third-order valence-electron chi connectivity index (χ3n) is 18.3. The molecule has 0 aliphatic heterocycles. The molecule has 133 heavy (non-hydrogen) atoms. The standard InChI is InChI=1S/C48H85O10P.C41H18NO6P.C9H10N2O2.C8H16OSi.2H2O.30H2/c1-4-6-8-10-12-14-16-18-20-22-24-26-28-30-32-35-46(49)55-41-45(42-57-59(52,53)56-38-34-37-47(50)54-40-44-39-43(44)3)58-48(51)36-33-31-29-27-25-23-21-19-17-15-13-11-9-7-5-2;1-3-5-7-9-11-13-15-17-19-21-23-25-27-29-31-33-40(43)45-37-39(38-47-49-46-36-35-42)48-41(44)34-32-30-28-26-24-22-20-18-16-14-12-10-8-6-4-2;1-7-4-8(7)5-13-9(12)11-3-2-10-6-11;1-6-7(5-9)8(6)10(2,3)4;;;;;;;;;;;;;;;;;;;;;;;;;;;;;;;;/h18-21,39,44-45H,4-17,22-38,40-42H2,1-3H3,(H,52,53);39,49H,35-38,42H2,1-2H3;2-4,6,8H,5H2,1H3;7,9H,5H2,1-4H3;2*1H2;30*1H/b20-18-,21-19-;;;;;;;;;;;;;;;;;;;;;;;;;;;;;;;;;;;. The fraction of sp³-hybridized carbons (Fsp3) is 0.519. The van der Waals surface area contributed by atoms with Gasteiger partial charge >= 0.3 is 43.8 Å². The minimum Gasteiger partial charge on any atom is -0.465 e. The molecular weight excluding hydrogens is 1740 g/mol. The van der Waals surface area contributed by atoms with Crippen LogP contribution < -0.4 is 5.73 Å². The number of carbonyl (C=O) groups excluding carboxylic acids is 6. The monoisotopic (exact) mass is 1930 g/mol. The lowest BCUT2D eigenvalue weighted by atomic mass is 10.1. The van der Waals surface area contributed by atoms with Crippen LogP contribution in [0.1, 0.15) is 284 Å². The molecule has 0 saturated heterocycles. The van der Waals surface area contributed by atoms with Crippen LogP contribution in [-0.2, 0) is 75.1 Å². The van der Waals surface area contributed by atoms with Crippen molar-refractivity contribution in [3.63, 3.8) is 0 Å². The molecule has 0 radical (unpaired) electrons. The van der Waals surface area contributed by atoms with Crippen molar-refractivity contribution in [1.29, 1.82) is 0 Å². The van der Waals surface area contributed by atoms with Crippen molar-refractivity contribution in [2.75, 3.05) is 66.0 Å². The van der Waals surface area contributed by atoms with E-state index in [4.69, 9.17) is 57.4 Å². The first-order valence-electron chi connectivity index (χ1n) is 44.7. The fourth-order valence-corrected chi connectivity index (χ4v) is 15.2. The van der Waals surface area contributed by atoms with E-state index >= 15 is 0 Å². The van der Waals surface area contributed by atoms with Gasteiger partial charge in [0, 0.05) is 111 Å². The Morgan fingerprint density at radius 3 is 1.26 bits per heavy atom. The van der Waals surface area contributed by atoms with Gasteiger partial charge in [0.25, 0.3) is 0 Å². The average Bonchev–Trinajstić information content (AvgIpc) is 1.61. The van der Waals surface area contributed by atoms with Crippen LogP contribution in [0.4, 0.5) is 4.79 Å². The van der Waals surface area contributed by atoms with Crippen LogP contribution in [0.25, 0.3) is 0 Å². The number of unbranched alkanes of at least 4 members (excludes halogenated alkanes) is 22. The summed E-state index contributed by atoms with van der Waals surface area (Å²) in [6.07, 6.45) is 46.1. The van der Waals surface area contributed by atoms with Crippen molar-refractivity contribution < 1.29 is 144 Å². The van der Waals surface area contributed by atoms with Crippen molar-refractivity contribution in [2.45, 2.75) is 273 Å². The highest BCUT2D eigenvalue weighted by atomic mass is 31.2. The minimum absolute atomic E-state index is 0. The number of ether oxygens (including phenoxy) is 6. The molecule has 7 unspecified atom stereocenters. The van der Waals surface area contributed by atoms with Crippen LogP contribution in [0.2, 0.25) is 19.6 Å². The van der Waals surface area contributed by atoms with E-state index in [1.54, 1.807) is 31.4 Å². The summed E-state index contributed by atoms with van der Waals surface area (Å²) in [5.41, 5.74) is 9.30. The summed E-state index contributed by atoms with van der Waals surface area (Å²) in [4.78, 5) is 86.4. The molecule has 772 valence electrons. The van der Waals surface area contributed by atoms with Crippen LogP contribution in [0, 0.1) is 207 Å². The molecule has 1 heterocycles. The number of phosphoric acid groups is 1. The summed E-state index contributed by atoms with van der Waals surface area (Å²) in [6, 6.07) is 0. The highest BCUT2D eigenvalue weighted by molar-refractivity contribution is 7.47. The number of phosphoric ester groups is 1. The lowest BCUT2D eigenvalue weighted by Crippen LogP contribution is -2.29. The number of aromatic nitrogens is 2. The molecule has 8 N–H and O–H groups in total. The Morgan fingerprint density at radius 2 is 0.865 bits per heavy atom. The van der Waals surface area contributed by atoms with E-state index in [0.29, 0.717) is 51.0 Å². The van der Waals surface area contributed by atoms with E-state index in [1.165, 1.54) is 111 Å². The number of nitrogens with two attached hydrogens (primary N) is 1. The van der Waals surface area contributed by atoms with Gasteiger partial charge in [-0.2, -0.15) is 0 Å². The minimum atomic E-state index is -4.53. The van der Waals surface area contributed by atoms with Gasteiger partial charge in [0.2, 0.25) is 0 Å². The molecule has 0 aromatic carbocycles. The molecule has 7 atom stereocenters. The lowest BCUT2D eigenvalue weighted by Gasteiger charge is -2.20. The number of allylic oxidation sites excluding steroid dienone is 4. The Morgan fingerprint density at radius 1 is 0.481 bits per heavy atom. The fourth-order valence-electron chi connectivity index (χ4n) is 11.2. The highest BCUT2D eigenvalue weighted by Crippen LogP contribution is 2.45. The number of esters is 5. The van der Waals surface area contributed by atoms with Crippen LogP contribution in [0.5, 0.6) is 0 Å². The highest BCUT2D eigenvalue weighted by Gasteiger charge is 2.40. The summed E-state index contributed by atoms with van der Waals surface area (Å²) in [5.74, 6) is 75.9. The second-order valence-electron chi connectivity index (χ2n) is 30.4. The van der Waals surface area contributed by atoms with Gasteiger partial charge < -0.3 is 64.2 Å². The molecule has 0 spiro atoms. The molecular formula is C106H193N3O21P2Si.